The van der Waals surface area contributed by atoms with Gasteiger partial charge in [-0.2, -0.15) is 0 Å². The van der Waals surface area contributed by atoms with E-state index in [9.17, 15) is 12.8 Å². The molecule has 1 aromatic rings. The Hall–Kier alpha value is -1.30. The van der Waals surface area contributed by atoms with Crippen LogP contribution in [0.1, 0.15) is 13.3 Å². The maximum Gasteiger partial charge on any atom is 0.152 e. The second kappa shape index (κ2) is 3.87. The van der Waals surface area contributed by atoms with Gasteiger partial charge in [0, 0.05) is 5.54 Å². The fraction of sp³-hybridized carbons (Fsp3) is 0.455. The fourth-order valence-electron chi connectivity index (χ4n) is 2.08. The molecule has 4 nitrogen and oxygen atoms in total. The molecule has 0 saturated carbocycles. The van der Waals surface area contributed by atoms with Gasteiger partial charge in [0.1, 0.15) is 5.82 Å². The third-order valence-electron chi connectivity index (χ3n) is 2.99. The van der Waals surface area contributed by atoms with Gasteiger partial charge < -0.3 is 11.1 Å². The summed E-state index contributed by atoms with van der Waals surface area (Å²) in [7, 11) is -2.99. The zero-order chi connectivity index (χ0) is 12.7. The maximum absolute atomic E-state index is 13.2. The minimum atomic E-state index is -2.99. The van der Waals surface area contributed by atoms with Gasteiger partial charge in [-0.05, 0) is 25.5 Å². The number of benzene rings is 1. The Bertz CT molecular complexity index is 544. The zero-order valence-electron chi connectivity index (χ0n) is 9.53. The van der Waals surface area contributed by atoms with Gasteiger partial charge in [-0.1, -0.05) is 6.07 Å². The van der Waals surface area contributed by atoms with Crippen molar-refractivity contribution in [1.82, 2.24) is 0 Å². The van der Waals surface area contributed by atoms with Crippen LogP contribution in [0.4, 0.5) is 15.8 Å². The molecule has 0 aliphatic carbocycles. The van der Waals surface area contributed by atoms with Crippen molar-refractivity contribution in [1.29, 1.82) is 0 Å². The summed E-state index contributed by atoms with van der Waals surface area (Å²) in [6.45, 7) is 1.81. The third kappa shape index (κ3) is 2.52. The third-order valence-corrected chi connectivity index (χ3v) is 4.90. The van der Waals surface area contributed by atoms with Crippen LogP contribution in [0, 0.1) is 5.82 Å². The molecule has 17 heavy (non-hydrogen) atoms. The maximum atomic E-state index is 13.2. The van der Waals surface area contributed by atoms with Gasteiger partial charge in [0.25, 0.3) is 0 Å². The summed E-state index contributed by atoms with van der Waals surface area (Å²) in [5.74, 6) is -0.291. The molecule has 1 aliphatic rings. The molecule has 0 radical (unpaired) electrons. The number of nitrogen functional groups attached to an aromatic ring is 1. The summed E-state index contributed by atoms with van der Waals surface area (Å²) in [5.41, 5.74) is 5.51. The average molecular weight is 258 g/mol. The summed E-state index contributed by atoms with van der Waals surface area (Å²) < 4.78 is 36.1. The van der Waals surface area contributed by atoms with Crippen molar-refractivity contribution in [2.24, 2.45) is 0 Å². The molecule has 1 atom stereocenters. The van der Waals surface area contributed by atoms with E-state index in [4.69, 9.17) is 5.73 Å². The highest BCUT2D eigenvalue weighted by Crippen LogP contribution is 2.30. The van der Waals surface area contributed by atoms with Crippen LogP contribution in [0.5, 0.6) is 0 Å². The van der Waals surface area contributed by atoms with Gasteiger partial charge in [0.05, 0.1) is 22.9 Å². The monoisotopic (exact) mass is 258 g/mol. The highest BCUT2D eigenvalue weighted by Gasteiger charge is 2.38. The average Bonchev–Trinajstić information content (AvgIpc) is 2.49. The van der Waals surface area contributed by atoms with Crippen molar-refractivity contribution >= 4 is 21.2 Å². The van der Waals surface area contributed by atoms with E-state index >= 15 is 0 Å². The Morgan fingerprint density at radius 3 is 2.76 bits per heavy atom. The Balaban J connectivity index is 2.25. The van der Waals surface area contributed by atoms with E-state index in [1.165, 1.54) is 6.07 Å². The van der Waals surface area contributed by atoms with Crippen molar-refractivity contribution in [2.45, 2.75) is 18.9 Å². The number of halogens is 1. The molecule has 1 aliphatic heterocycles. The lowest BCUT2D eigenvalue weighted by atomic mass is 10.0. The van der Waals surface area contributed by atoms with Crippen molar-refractivity contribution < 1.29 is 12.8 Å². The molecule has 0 amide bonds. The van der Waals surface area contributed by atoms with Gasteiger partial charge >= 0.3 is 0 Å². The van der Waals surface area contributed by atoms with E-state index in [2.05, 4.69) is 5.32 Å². The molecular formula is C11H15FN2O2S. The molecule has 1 fully saturated rings. The number of sulfone groups is 1. The van der Waals surface area contributed by atoms with E-state index in [-0.39, 0.29) is 17.2 Å². The molecule has 0 spiro atoms. The van der Waals surface area contributed by atoms with E-state index in [0.29, 0.717) is 12.1 Å². The van der Waals surface area contributed by atoms with Crippen molar-refractivity contribution in [3.8, 4) is 0 Å². The number of para-hydroxylation sites is 1. The molecule has 1 heterocycles. The number of hydrogen-bond donors (Lipinski definition) is 2. The van der Waals surface area contributed by atoms with Crippen LogP contribution in [0.3, 0.4) is 0 Å². The second-order valence-electron chi connectivity index (χ2n) is 4.73. The lowest BCUT2D eigenvalue weighted by Gasteiger charge is -2.26. The molecule has 94 valence electrons. The standard InChI is InChI=1S/C11H15FN2O2S/c1-11(5-6-17(15,16)7-11)14-9-4-2-3-8(12)10(9)13/h2-4,14H,5-7,13H2,1H3. The van der Waals surface area contributed by atoms with Crippen LogP contribution < -0.4 is 11.1 Å². The number of anilines is 2. The van der Waals surface area contributed by atoms with Crippen LogP contribution >= 0.6 is 0 Å². The van der Waals surface area contributed by atoms with E-state index in [0.717, 1.165) is 0 Å². The SMILES string of the molecule is CC1(Nc2cccc(F)c2N)CCS(=O)(=O)C1. The Morgan fingerprint density at radius 2 is 2.18 bits per heavy atom. The van der Waals surface area contributed by atoms with Crippen LogP contribution in [-0.2, 0) is 9.84 Å². The first-order valence-corrected chi connectivity index (χ1v) is 7.16. The van der Waals surface area contributed by atoms with Gasteiger partial charge in [-0.3, -0.25) is 0 Å². The van der Waals surface area contributed by atoms with Crippen LogP contribution in [0.25, 0.3) is 0 Å². The van der Waals surface area contributed by atoms with Gasteiger partial charge in [0.15, 0.2) is 9.84 Å². The van der Waals surface area contributed by atoms with E-state index in [1.54, 1.807) is 12.1 Å². The predicted octanol–water partition coefficient (Wildman–Crippen LogP) is 1.40. The molecule has 1 saturated heterocycles. The first kappa shape index (κ1) is 12.2. The highest BCUT2D eigenvalue weighted by molar-refractivity contribution is 7.91. The van der Waals surface area contributed by atoms with E-state index in [1.807, 2.05) is 6.92 Å². The molecule has 0 aromatic heterocycles. The van der Waals surface area contributed by atoms with Gasteiger partial charge in [0.2, 0.25) is 0 Å². The highest BCUT2D eigenvalue weighted by atomic mass is 32.2. The summed E-state index contributed by atoms with van der Waals surface area (Å²) in [6.07, 6.45) is 0.505. The smallest absolute Gasteiger partial charge is 0.152 e. The molecule has 6 heteroatoms. The quantitative estimate of drug-likeness (QED) is 0.786. The van der Waals surface area contributed by atoms with Crippen molar-refractivity contribution in [3.05, 3.63) is 24.0 Å². The Kier molecular flexibility index (Phi) is 2.77. The molecule has 1 aromatic carbocycles. The van der Waals surface area contributed by atoms with Gasteiger partial charge in [-0.15, -0.1) is 0 Å². The first-order chi connectivity index (χ1) is 7.81. The predicted molar refractivity (Wildman–Crippen MR) is 66.1 cm³/mol. The lowest BCUT2D eigenvalue weighted by molar-refractivity contribution is 0.573. The summed E-state index contributed by atoms with van der Waals surface area (Å²) in [6, 6.07) is 4.46. The number of nitrogens with two attached hydrogens (primary N) is 1. The van der Waals surface area contributed by atoms with Crippen molar-refractivity contribution in [3.63, 3.8) is 0 Å². The van der Waals surface area contributed by atoms with Crippen LogP contribution in [0.15, 0.2) is 18.2 Å². The molecule has 2 rings (SSSR count). The van der Waals surface area contributed by atoms with E-state index < -0.39 is 21.2 Å². The summed E-state index contributed by atoms with van der Waals surface area (Å²) in [4.78, 5) is 0. The lowest BCUT2D eigenvalue weighted by Crippen LogP contribution is -2.36. The summed E-state index contributed by atoms with van der Waals surface area (Å²) in [5, 5.41) is 3.04. The van der Waals surface area contributed by atoms with Gasteiger partial charge in [-0.25, -0.2) is 12.8 Å². The molecule has 3 N–H and O–H groups in total. The normalized spacial score (nSPS) is 26.9. The first-order valence-electron chi connectivity index (χ1n) is 5.34. The number of hydrogen-bond acceptors (Lipinski definition) is 4. The largest absolute Gasteiger partial charge is 0.395 e. The van der Waals surface area contributed by atoms with Crippen molar-refractivity contribution in [2.75, 3.05) is 22.6 Å². The number of nitrogens with one attached hydrogen (secondary N) is 1. The number of rotatable bonds is 2. The molecular weight excluding hydrogens is 243 g/mol. The molecule has 0 bridgehead atoms. The van der Waals surface area contributed by atoms with Crippen LogP contribution in [0.2, 0.25) is 0 Å². The Morgan fingerprint density at radius 1 is 1.47 bits per heavy atom. The fourth-order valence-corrected chi connectivity index (χ4v) is 4.17. The zero-order valence-corrected chi connectivity index (χ0v) is 10.3. The summed E-state index contributed by atoms with van der Waals surface area (Å²) >= 11 is 0. The Labute approximate surface area is 99.9 Å². The minimum Gasteiger partial charge on any atom is -0.395 e. The van der Waals surface area contributed by atoms with Crippen LogP contribution in [-0.4, -0.2) is 25.5 Å². The topological polar surface area (TPSA) is 72.2 Å². The minimum absolute atomic E-state index is 0.0259. The second-order valence-corrected chi connectivity index (χ2v) is 6.91. The molecule has 1 unspecified atom stereocenters.